The number of benzene rings is 2. The molecule has 0 saturated carbocycles. The molecule has 1 amide bonds. The van der Waals surface area contributed by atoms with E-state index in [2.05, 4.69) is 5.32 Å². The number of alkyl halides is 3. The van der Waals surface area contributed by atoms with E-state index in [0.717, 1.165) is 37.0 Å². The largest absolute Gasteiger partial charge is 0.434 e. The molecule has 1 fully saturated rings. The third kappa shape index (κ3) is 5.56. The van der Waals surface area contributed by atoms with Gasteiger partial charge in [0.15, 0.2) is 5.69 Å². The Bertz CT molecular complexity index is 932. The van der Waals surface area contributed by atoms with Crippen molar-refractivity contribution in [2.24, 2.45) is 0 Å². The number of nitro benzene ring substituents is 1. The normalized spacial score (nSPS) is 14.1. The molecule has 1 heterocycles. The first-order valence-corrected chi connectivity index (χ1v) is 9.65. The third-order valence-corrected chi connectivity index (χ3v) is 4.84. The number of hydrogen-bond acceptors (Lipinski definition) is 6. The molecule has 1 aliphatic heterocycles. The number of amides is 1. The van der Waals surface area contributed by atoms with Gasteiger partial charge in [0.25, 0.3) is 5.69 Å². The highest BCUT2D eigenvalue weighted by Gasteiger charge is 2.40. The Morgan fingerprint density at radius 2 is 1.77 bits per heavy atom. The van der Waals surface area contributed by atoms with Gasteiger partial charge in [-0.3, -0.25) is 10.1 Å². The molecule has 3 rings (SSSR count). The molecule has 2 N–H and O–H groups in total. The monoisotopic (exact) mass is 438 g/mol. The molecule has 31 heavy (non-hydrogen) atoms. The van der Waals surface area contributed by atoms with E-state index < -0.39 is 34.1 Å². The van der Waals surface area contributed by atoms with E-state index in [-0.39, 0.29) is 12.2 Å². The van der Waals surface area contributed by atoms with Crippen LogP contribution in [0.15, 0.2) is 42.5 Å². The first kappa shape index (κ1) is 22.2. The Balaban J connectivity index is 1.90. The molecular weight excluding hydrogens is 417 g/mol. The van der Waals surface area contributed by atoms with E-state index in [1.807, 2.05) is 5.48 Å². The third-order valence-electron chi connectivity index (χ3n) is 4.84. The fraction of sp³-hybridized carbons (Fsp3) is 0.350. The van der Waals surface area contributed by atoms with Crippen LogP contribution in [0.25, 0.3) is 0 Å². The van der Waals surface area contributed by atoms with E-state index in [4.69, 9.17) is 4.84 Å². The molecule has 0 aromatic heterocycles. The molecule has 0 aliphatic carbocycles. The second kappa shape index (κ2) is 9.54. The first-order valence-electron chi connectivity index (χ1n) is 9.65. The molecule has 0 spiro atoms. The summed E-state index contributed by atoms with van der Waals surface area (Å²) in [4.78, 5) is 28.7. The minimum absolute atomic E-state index is 0.0642. The van der Waals surface area contributed by atoms with E-state index >= 15 is 0 Å². The zero-order valence-corrected chi connectivity index (χ0v) is 16.4. The van der Waals surface area contributed by atoms with Crippen molar-refractivity contribution < 1.29 is 27.7 Å². The lowest BCUT2D eigenvalue weighted by Gasteiger charge is -2.26. The molecule has 2 aromatic rings. The summed E-state index contributed by atoms with van der Waals surface area (Å²) in [5.74, 6) is 0. The van der Waals surface area contributed by atoms with E-state index in [1.54, 1.807) is 30.3 Å². The topological polar surface area (TPSA) is 96.7 Å². The number of rotatable bonds is 6. The number of nitro groups is 1. The molecule has 8 nitrogen and oxygen atoms in total. The maximum atomic E-state index is 13.9. The summed E-state index contributed by atoms with van der Waals surface area (Å²) in [6.45, 7) is 0.884. The Morgan fingerprint density at radius 1 is 1.10 bits per heavy atom. The molecular formula is C20H21F3N4O4. The van der Waals surface area contributed by atoms with Crippen LogP contribution in [-0.2, 0) is 17.6 Å². The second-order valence-electron chi connectivity index (χ2n) is 6.99. The van der Waals surface area contributed by atoms with Crippen molar-refractivity contribution >= 4 is 23.2 Å². The molecule has 0 radical (unpaired) electrons. The van der Waals surface area contributed by atoms with Gasteiger partial charge < -0.3 is 15.1 Å². The number of likely N-dealkylation sites (tertiary alicyclic amines) is 1. The van der Waals surface area contributed by atoms with Crippen molar-refractivity contribution in [2.45, 2.75) is 32.0 Å². The zero-order chi connectivity index (χ0) is 22.4. The molecule has 0 unspecified atom stereocenters. The van der Waals surface area contributed by atoms with Gasteiger partial charge >= 0.3 is 12.3 Å². The number of hydrogen-bond donors (Lipinski definition) is 2. The molecule has 0 atom stereocenters. The van der Waals surface area contributed by atoms with Crippen LogP contribution in [0.4, 0.5) is 35.0 Å². The minimum Gasteiger partial charge on any atom is -0.380 e. The lowest BCUT2D eigenvalue weighted by molar-refractivity contribution is -0.384. The van der Waals surface area contributed by atoms with Crippen LogP contribution in [0.3, 0.4) is 0 Å². The lowest BCUT2D eigenvalue weighted by Crippen LogP contribution is -2.37. The fourth-order valence-electron chi connectivity index (χ4n) is 3.32. The van der Waals surface area contributed by atoms with E-state index in [1.165, 1.54) is 4.90 Å². The molecule has 166 valence electrons. The van der Waals surface area contributed by atoms with Gasteiger partial charge in [0, 0.05) is 31.4 Å². The highest BCUT2D eigenvalue weighted by atomic mass is 19.4. The summed E-state index contributed by atoms with van der Waals surface area (Å²) in [5, 5.41) is 14.0. The second-order valence-corrected chi connectivity index (χ2v) is 6.99. The Labute approximate surface area is 176 Å². The molecule has 1 saturated heterocycles. The van der Waals surface area contributed by atoms with Gasteiger partial charge in [0.1, 0.15) is 5.56 Å². The molecule has 1 aliphatic rings. The fourth-order valence-corrected chi connectivity index (χ4v) is 3.32. The van der Waals surface area contributed by atoms with Crippen LogP contribution in [-0.4, -0.2) is 29.0 Å². The average Bonchev–Trinajstić information content (AvgIpc) is 2.76. The van der Waals surface area contributed by atoms with Crippen LogP contribution in [0, 0.1) is 10.1 Å². The van der Waals surface area contributed by atoms with Crippen molar-refractivity contribution in [1.82, 2.24) is 4.90 Å². The summed E-state index contributed by atoms with van der Waals surface area (Å²) in [7, 11) is 0. The number of carbonyl (C=O) groups excluding carboxylic acids is 1. The van der Waals surface area contributed by atoms with Crippen LogP contribution < -0.4 is 10.8 Å². The zero-order valence-electron chi connectivity index (χ0n) is 16.4. The maximum Gasteiger partial charge on any atom is 0.434 e. The predicted octanol–water partition coefficient (Wildman–Crippen LogP) is 5.18. The lowest BCUT2D eigenvalue weighted by atomic mass is 10.1. The van der Waals surface area contributed by atoms with E-state index in [9.17, 15) is 28.1 Å². The SMILES string of the molecule is O=C(ONc1c([N+](=O)[O-])ccc(NCc2ccccc2)c1C(F)(F)F)N1CCCCC1. The van der Waals surface area contributed by atoms with Crippen LogP contribution in [0.1, 0.15) is 30.4 Å². The Morgan fingerprint density at radius 3 is 2.39 bits per heavy atom. The van der Waals surface area contributed by atoms with Gasteiger partial charge in [-0.1, -0.05) is 30.3 Å². The Kier molecular flexibility index (Phi) is 6.83. The van der Waals surface area contributed by atoms with Gasteiger partial charge in [-0.05, 0) is 30.9 Å². The number of nitrogens with zero attached hydrogens (tertiary/aromatic N) is 2. The smallest absolute Gasteiger partial charge is 0.380 e. The molecule has 11 heteroatoms. The van der Waals surface area contributed by atoms with Gasteiger partial charge in [-0.25, -0.2) is 10.3 Å². The van der Waals surface area contributed by atoms with Crippen LogP contribution in [0.5, 0.6) is 0 Å². The average molecular weight is 438 g/mol. The van der Waals surface area contributed by atoms with Crippen molar-refractivity contribution in [3.63, 3.8) is 0 Å². The van der Waals surface area contributed by atoms with E-state index in [0.29, 0.717) is 13.1 Å². The minimum atomic E-state index is -4.95. The highest BCUT2D eigenvalue weighted by Crippen LogP contribution is 2.44. The first-order chi connectivity index (χ1) is 14.8. The van der Waals surface area contributed by atoms with Gasteiger partial charge in [0.2, 0.25) is 0 Å². The number of nitrogens with one attached hydrogen (secondary N) is 2. The van der Waals surface area contributed by atoms with Crippen molar-refractivity contribution in [3.05, 3.63) is 63.7 Å². The van der Waals surface area contributed by atoms with Crippen molar-refractivity contribution in [2.75, 3.05) is 23.9 Å². The van der Waals surface area contributed by atoms with Crippen molar-refractivity contribution in [1.29, 1.82) is 0 Å². The van der Waals surface area contributed by atoms with Gasteiger partial charge in [0.05, 0.1) is 4.92 Å². The summed E-state index contributed by atoms with van der Waals surface area (Å²) >= 11 is 0. The van der Waals surface area contributed by atoms with Gasteiger partial charge in [-0.15, -0.1) is 0 Å². The van der Waals surface area contributed by atoms with Gasteiger partial charge in [-0.2, -0.15) is 13.2 Å². The molecule has 2 aromatic carbocycles. The highest BCUT2D eigenvalue weighted by molar-refractivity contribution is 5.77. The van der Waals surface area contributed by atoms with Crippen LogP contribution >= 0.6 is 0 Å². The number of halogens is 3. The predicted molar refractivity (Wildman–Crippen MR) is 107 cm³/mol. The van der Waals surface area contributed by atoms with Crippen LogP contribution in [0.2, 0.25) is 0 Å². The summed E-state index contributed by atoms with van der Waals surface area (Å²) in [6, 6.07) is 10.6. The number of anilines is 2. The Hall–Kier alpha value is -3.50. The summed E-state index contributed by atoms with van der Waals surface area (Å²) < 4.78 is 41.7. The maximum absolute atomic E-state index is 13.9. The number of piperidine rings is 1. The summed E-state index contributed by atoms with van der Waals surface area (Å²) in [6.07, 6.45) is -3.39. The number of carbonyl (C=O) groups is 1. The summed E-state index contributed by atoms with van der Waals surface area (Å²) in [5.41, 5.74) is -0.844. The molecule has 0 bridgehead atoms. The quantitative estimate of drug-likeness (QED) is 0.477. The van der Waals surface area contributed by atoms with Crippen molar-refractivity contribution in [3.8, 4) is 0 Å². The standard InChI is InChI=1S/C20H21F3N4O4/c21-20(22,23)17-15(24-13-14-7-3-1-4-8-14)9-10-16(27(29)30)18(17)25-31-19(28)26-11-5-2-6-12-26/h1,3-4,7-10,24-25H,2,5-6,11-13H2.